The molecule has 0 radical (unpaired) electrons. The monoisotopic (exact) mass is 303 g/mol. The van der Waals surface area contributed by atoms with E-state index in [-0.39, 0.29) is 6.10 Å². The minimum Gasteiger partial charge on any atom is -0.368 e. The number of rotatable bonds is 4. The van der Waals surface area contributed by atoms with Crippen molar-refractivity contribution >= 4 is 17.2 Å². The number of carbonyl (C=O) groups excluding carboxylic acids is 1. The number of primary amides is 1. The van der Waals surface area contributed by atoms with Gasteiger partial charge in [-0.05, 0) is 17.7 Å². The summed E-state index contributed by atoms with van der Waals surface area (Å²) in [7, 11) is 0. The smallest absolute Gasteiger partial charge is 0.248 e. The van der Waals surface area contributed by atoms with Crippen LogP contribution in [0.1, 0.15) is 27.0 Å². The first kappa shape index (κ1) is 14.2. The van der Waals surface area contributed by atoms with Gasteiger partial charge in [-0.2, -0.15) is 0 Å². The van der Waals surface area contributed by atoms with Crippen LogP contribution >= 0.6 is 11.3 Å². The Morgan fingerprint density at radius 3 is 2.90 bits per heavy atom. The number of aromatic nitrogens is 1. The maximum atomic E-state index is 11.1. The fourth-order valence-electron chi connectivity index (χ4n) is 2.42. The lowest BCUT2D eigenvalue weighted by Gasteiger charge is -2.32. The van der Waals surface area contributed by atoms with E-state index < -0.39 is 5.91 Å². The standard InChI is InChI=1S/C15H17N3O2S/c16-14(19)12-3-1-11(2-4-12)9-18-6-7-20-13(10-18)15-17-5-8-21-15/h1-5,8,13H,6-7,9-10H2,(H2,16,19)/t13-/m0/s1. The van der Waals surface area contributed by atoms with Gasteiger partial charge in [-0.1, -0.05) is 12.1 Å². The van der Waals surface area contributed by atoms with E-state index >= 15 is 0 Å². The summed E-state index contributed by atoms with van der Waals surface area (Å²) in [5.41, 5.74) is 6.96. The van der Waals surface area contributed by atoms with E-state index in [1.165, 1.54) is 5.56 Å². The Morgan fingerprint density at radius 2 is 2.24 bits per heavy atom. The zero-order chi connectivity index (χ0) is 14.7. The highest BCUT2D eigenvalue weighted by Crippen LogP contribution is 2.24. The molecule has 2 N–H and O–H groups in total. The molecule has 0 spiro atoms. The summed E-state index contributed by atoms with van der Waals surface area (Å²) >= 11 is 1.63. The molecule has 5 nitrogen and oxygen atoms in total. The van der Waals surface area contributed by atoms with Gasteiger partial charge in [0.05, 0.1) is 6.61 Å². The Hall–Kier alpha value is -1.76. The first-order chi connectivity index (χ1) is 10.2. The topological polar surface area (TPSA) is 68.5 Å². The first-order valence-electron chi connectivity index (χ1n) is 6.84. The molecule has 0 saturated carbocycles. The van der Waals surface area contributed by atoms with Crippen molar-refractivity contribution in [3.63, 3.8) is 0 Å². The lowest BCUT2D eigenvalue weighted by molar-refractivity contribution is -0.0330. The second kappa shape index (κ2) is 6.34. The van der Waals surface area contributed by atoms with Gasteiger partial charge in [0.25, 0.3) is 0 Å². The van der Waals surface area contributed by atoms with Gasteiger partial charge in [0.15, 0.2) is 0 Å². The lowest BCUT2D eigenvalue weighted by atomic mass is 10.1. The number of hydrogen-bond acceptors (Lipinski definition) is 5. The van der Waals surface area contributed by atoms with E-state index in [0.717, 1.165) is 24.6 Å². The second-order valence-corrected chi connectivity index (χ2v) is 5.95. The zero-order valence-corrected chi connectivity index (χ0v) is 12.4. The summed E-state index contributed by atoms with van der Waals surface area (Å²) < 4.78 is 5.79. The molecule has 1 atom stereocenters. The van der Waals surface area contributed by atoms with Crippen LogP contribution in [0.2, 0.25) is 0 Å². The SMILES string of the molecule is NC(=O)c1ccc(CN2CCO[C@H](c3nccs3)C2)cc1. The second-order valence-electron chi connectivity index (χ2n) is 5.03. The highest BCUT2D eigenvalue weighted by Gasteiger charge is 2.23. The molecule has 2 heterocycles. The van der Waals surface area contributed by atoms with Crippen molar-refractivity contribution in [3.05, 3.63) is 52.0 Å². The van der Waals surface area contributed by atoms with Gasteiger partial charge in [-0.3, -0.25) is 9.69 Å². The summed E-state index contributed by atoms with van der Waals surface area (Å²) in [6, 6.07) is 7.45. The van der Waals surface area contributed by atoms with Crippen molar-refractivity contribution in [3.8, 4) is 0 Å². The number of morpholine rings is 1. The highest BCUT2D eigenvalue weighted by molar-refractivity contribution is 7.09. The number of nitrogens with zero attached hydrogens (tertiary/aromatic N) is 2. The molecule has 0 aliphatic carbocycles. The molecule has 1 fully saturated rings. The molecule has 21 heavy (non-hydrogen) atoms. The van der Waals surface area contributed by atoms with Crippen LogP contribution in [0.25, 0.3) is 0 Å². The number of carbonyl (C=O) groups is 1. The number of hydrogen-bond donors (Lipinski definition) is 1. The van der Waals surface area contributed by atoms with Gasteiger partial charge < -0.3 is 10.5 Å². The van der Waals surface area contributed by atoms with E-state index in [2.05, 4.69) is 9.88 Å². The van der Waals surface area contributed by atoms with Gasteiger partial charge in [-0.15, -0.1) is 11.3 Å². The first-order valence-corrected chi connectivity index (χ1v) is 7.72. The molecule has 0 unspecified atom stereocenters. The van der Waals surface area contributed by atoms with E-state index in [1.807, 2.05) is 23.7 Å². The van der Waals surface area contributed by atoms with Gasteiger partial charge in [0, 0.05) is 36.8 Å². The molecule has 1 aromatic carbocycles. The quantitative estimate of drug-likeness (QED) is 0.935. The van der Waals surface area contributed by atoms with Crippen LogP contribution in [0.5, 0.6) is 0 Å². The minimum atomic E-state index is -0.392. The fourth-order valence-corrected chi connectivity index (χ4v) is 3.10. The predicted octanol–water partition coefficient (Wildman–Crippen LogP) is 1.82. The van der Waals surface area contributed by atoms with Gasteiger partial charge in [0.1, 0.15) is 11.1 Å². The maximum absolute atomic E-state index is 11.1. The van der Waals surface area contributed by atoms with Crippen molar-refractivity contribution in [1.29, 1.82) is 0 Å². The van der Waals surface area contributed by atoms with Gasteiger partial charge >= 0.3 is 0 Å². The van der Waals surface area contributed by atoms with E-state index in [1.54, 1.807) is 23.5 Å². The van der Waals surface area contributed by atoms with Crippen LogP contribution in [0, 0.1) is 0 Å². The normalized spacial score (nSPS) is 19.5. The number of ether oxygens (including phenoxy) is 1. The molecule has 1 aliphatic rings. The molecule has 1 aromatic heterocycles. The number of thiazole rings is 1. The Labute approximate surface area is 127 Å². The van der Waals surface area contributed by atoms with Crippen molar-refractivity contribution in [2.75, 3.05) is 19.7 Å². The Balaban J connectivity index is 1.63. The molecule has 3 rings (SSSR count). The summed E-state index contributed by atoms with van der Waals surface area (Å²) in [4.78, 5) is 17.7. The summed E-state index contributed by atoms with van der Waals surface area (Å²) in [5, 5.41) is 3.00. The molecule has 1 aliphatic heterocycles. The summed E-state index contributed by atoms with van der Waals surface area (Å²) in [5.74, 6) is -0.392. The average molecular weight is 303 g/mol. The van der Waals surface area contributed by atoms with Crippen molar-refractivity contribution < 1.29 is 9.53 Å². The van der Waals surface area contributed by atoms with E-state index in [4.69, 9.17) is 10.5 Å². The average Bonchev–Trinajstić information content (AvgIpc) is 3.02. The van der Waals surface area contributed by atoms with Crippen LogP contribution in [-0.2, 0) is 11.3 Å². The van der Waals surface area contributed by atoms with E-state index in [0.29, 0.717) is 12.2 Å². The zero-order valence-electron chi connectivity index (χ0n) is 11.6. The number of amides is 1. The Morgan fingerprint density at radius 1 is 1.43 bits per heavy atom. The molecular formula is C15H17N3O2S. The summed E-state index contributed by atoms with van der Waals surface area (Å²) in [6.07, 6.45) is 1.87. The molecule has 0 bridgehead atoms. The number of benzene rings is 1. The van der Waals surface area contributed by atoms with Crippen LogP contribution in [0.3, 0.4) is 0 Å². The third-order valence-electron chi connectivity index (χ3n) is 3.52. The van der Waals surface area contributed by atoms with Crippen LogP contribution < -0.4 is 5.73 Å². The Kier molecular flexibility index (Phi) is 4.28. The molecule has 1 amide bonds. The molecular weight excluding hydrogens is 286 g/mol. The van der Waals surface area contributed by atoms with Crippen molar-refractivity contribution in [2.45, 2.75) is 12.6 Å². The van der Waals surface area contributed by atoms with Crippen LogP contribution in [0.15, 0.2) is 35.8 Å². The lowest BCUT2D eigenvalue weighted by Crippen LogP contribution is -2.37. The van der Waals surface area contributed by atoms with Gasteiger partial charge in [0.2, 0.25) is 5.91 Å². The predicted molar refractivity (Wildman–Crippen MR) is 81.0 cm³/mol. The van der Waals surface area contributed by atoms with Crippen LogP contribution in [-0.4, -0.2) is 35.5 Å². The molecule has 110 valence electrons. The number of nitrogens with two attached hydrogens (primary N) is 1. The van der Waals surface area contributed by atoms with Crippen molar-refractivity contribution in [1.82, 2.24) is 9.88 Å². The van der Waals surface area contributed by atoms with E-state index in [9.17, 15) is 4.79 Å². The molecule has 1 saturated heterocycles. The fraction of sp³-hybridized carbons (Fsp3) is 0.333. The van der Waals surface area contributed by atoms with Gasteiger partial charge in [-0.25, -0.2) is 4.98 Å². The van der Waals surface area contributed by atoms with Crippen molar-refractivity contribution in [2.24, 2.45) is 5.73 Å². The third-order valence-corrected chi connectivity index (χ3v) is 4.39. The highest BCUT2D eigenvalue weighted by atomic mass is 32.1. The maximum Gasteiger partial charge on any atom is 0.248 e. The molecule has 2 aromatic rings. The minimum absolute atomic E-state index is 0.0589. The molecule has 6 heteroatoms. The third kappa shape index (κ3) is 3.47. The largest absolute Gasteiger partial charge is 0.368 e. The summed E-state index contributed by atoms with van der Waals surface area (Å²) in [6.45, 7) is 3.29. The van der Waals surface area contributed by atoms with Crippen LogP contribution in [0.4, 0.5) is 0 Å². The Bertz CT molecular complexity index is 598.